The van der Waals surface area contributed by atoms with Gasteiger partial charge < -0.3 is 10.1 Å². The number of ether oxygens (including phenoxy) is 1. The van der Waals surface area contributed by atoms with Gasteiger partial charge in [-0.05, 0) is 44.9 Å². The van der Waals surface area contributed by atoms with Gasteiger partial charge in [-0.1, -0.05) is 16.9 Å². The zero-order chi connectivity index (χ0) is 13.1. The second-order valence-electron chi connectivity index (χ2n) is 4.54. The zero-order valence-corrected chi connectivity index (χ0v) is 12.3. The summed E-state index contributed by atoms with van der Waals surface area (Å²) in [6.07, 6.45) is 2.30. The summed E-state index contributed by atoms with van der Waals surface area (Å²) in [5, 5.41) is 11.3. The molecule has 0 spiro atoms. The molecule has 0 aromatic carbocycles. The number of nitrogens with zero attached hydrogens (tertiary/aromatic N) is 2. The van der Waals surface area contributed by atoms with E-state index in [9.17, 15) is 4.79 Å². The highest BCUT2D eigenvalue weighted by atomic mass is 32.2. The first-order valence-corrected chi connectivity index (χ1v) is 7.71. The third-order valence-electron chi connectivity index (χ3n) is 2.29. The van der Waals surface area contributed by atoms with E-state index in [0.717, 1.165) is 17.2 Å². The van der Waals surface area contributed by atoms with Crippen LogP contribution in [0.1, 0.15) is 33.6 Å². The number of hydrogen-bond donors (Lipinski definition) is 1. The van der Waals surface area contributed by atoms with Crippen molar-refractivity contribution in [1.82, 2.24) is 15.5 Å². The third kappa shape index (κ3) is 4.13. The highest BCUT2D eigenvalue weighted by molar-refractivity contribution is 8.02. The Morgan fingerprint density at radius 3 is 2.78 bits per heavy atom. The Hall–Kier alpha value is -0.820. The van der Waals surface area contributed by atoms with E-state index >= 15 is 0 Å². The van der Waals surface area contributed by atoms with Crippen molar-refractivity contribution in [3.8, 4) is 5.19 Å². The SMILES string of the molecule is CC(C)Oc1nnc(SC(C)C(=O)NC2CC2)s1. The number of carbonyl (C=O) groups excluding carboxylic acids is 1. The van der Waals surface area contributed by atoms with Gasteiger partial charge in [0, 0.05) is 6.04 Å². The molecule has 1 aliphatic carbocycles. The predicted molar refractivity (Wildman–Crippen MR) is 72.2 cm³/mol. The minimum absolute atomic E-state index is 0.0732. The molecule has 2 rings (SSSR count). The molecule has 0 bridgehead atoms. The van der Waals surface area contributed by atoms with Crippen molar-refractivity contribution in [2.24, 2.45) is 0 Å². The fourth-order valence-electron chi connectivity index (χ4n) is 1.25. The van der Waals surface area contributed by atoms with Gasteiger partial charge in [-0.3, -0.25) is 4.79 Å². The molecule has 1 fully saturated rings. The standard InChI is InChI=1S/C11H17N3O2S2/c1-6(2)16-10-13-14-11(18-10)17-7(3)9(15)12-8-4-5-8/h6-8H,4-5H2,1-3H3,(H,12,15). The molecule has 1 aromatic heterocycles. The summed E-state index contributed by atoms with van der Waals surface area (Å²) in [6, 6.07) is 0.398. The Labute approximate surface area is 115 Å². The van der Waals surface area contributed by atoms with Gasteiger partial charge in [0.05, 0.1) is 11.4 Å². The van der Waals surface area contributed by atoms with Gasteiger partial charge >= 0.3 is 0 Å². The van der Waals surface area contributed by atoms with E-state index in [1.165, 1.54) is 23.1 Å². The van der Waals surface area contributed by atoms with Gasteiger partial charge in [0.1, 0.15) is 0 Å². The van der Waals surface area contributed by atoms with E-state index < -0.39 is 0 Å². The van der Waals surface area contributed by atoms with Crippen LogP contribution in [0.3, 0.4) is 0 Å². The number of amides is 1. The highest BCUT2D eigenvalue weighted by Gasteiger charge is 2.26. The lowest BCUT2D eigenvalue weighted by atomic mass is 10.4. The first-order valence-electron chi connectivity index (χ1n) is 6.02. The summed E-state index contributed by atoms with van der Waals surface area (Å²) in [4.78, 5) is 11.8. The van der Waals surface area contributed by atoms with Gasteiger partial charge in [-0.2, -0.15) is 0 Å². The van der Waals surface area contributed by atoms with Crippen LogP contribution in [0.15, 0.2) is 4.34 Å². The Kier molecular flexibility index (Phi) is 4.45. The molecular formula is C11H17N3O2S2. The maximum atomic E-state index is 11.8. The van der Waals surface area contributed by atoms with Gasteiger partial charge in [-0.15, -0.1) is 5.10 Å². The van der Waals surface area contributed by atoms with Gasteiger partial charge in [0.25, 0.3) is 5.19 Å². The lowest BCUT2D eigenvalue weighted by Gasteiger charge is -2.08. The Balaban J connectivity index is 1.83. The van der Waals surface area contributed by atoms with E-state index in [4.69, 9.17) is 4.74 Å². The largest absolute Gasteiger partial charge is 0.466 e. The van der Waals surface area contributed by atoms with E-state index in [0.29, 0.717) is 11.2 Å². The molecule has 0 radical (unpaired) electrons. The second kappa shape index (κ2) is 5.88. The number of rotatable bonds is 6. The van der Waals surface area contributed by atoms with Crippen LogP contribution < -0.4 is 10.1 Å². The van der Waals surface area contributed by atoms with Gasteiger partial charge in [0.2, 0.25) is 5.91 Å². The minimum Gasteiger partial charge on any atom is -0.466 e. The van der Waals surface area contributed by atoms with E-state index in [-0.39, 0.29) is 17.3 Å². The molecule has 1 unspecified atom stereocenters. The Morgan fingerprint density at radius 1 is 1.44 bits per heavy atom. The fraction of sp³-hybridized carbons (Fsp3) is 0.727. The van der Waals surface area contributed by atoms with Gasteiger partial charge in [0.15, 0.2) is 4.34 Å². The molecule has 1 heterocycles. The summed E-state index contributed by atoms with van der Waals surface area (Å²) in [7, 11) is 0. The number of hydrogen-bond acceptors (Lipinski definition) is 6. The molecule has 1 N–H and O–H groups in total. The van der Waals surface area contributed by atoms with Crippen molar-refractivity contribution >= 4 is 29.0 Å². The Bertz CT molecular complexity index is 418. The Morgan fingerprint density at radius 2 is 2.17 bits per heavy atom. The van der Waals surface area contributed by atoms with Crippen LogP contribution in [0.4, 0.5) is 0 Å². The minimum atomic E-state index is -0.148. The normalized spacial score (nSPS) is 16.7. The average Bonchev–Trinajstić information content (AvgIpc) is 2.99. The van der Waals surface area contributed by atoms with Gasteiger partial charge in [-0.25, -0.2) is 0 Å². The summed E-state index contributed by atoms with van der Waals surface area (Å²) in [6.45, 7) is 5.77. The van der Waals surface area contributed by atoms with E-state index in [1.54, 1.807) is 0 Å². The molecule has 1 atom stereocenters. The maximum Gasteiger partial charge on any atom is 0.295 e. The van der Waals surface area contributed by atoms with Crippen LogP contribution >= 0.6 is 23.1 Å². The zero-order valence-electron chi connectivity index (χ0n) is 10.7. The average molecular weight is 287 g/mol. The number of aromatic nitrogens is 2. The van der Waals surface area contributed by atoms with Crippen LogP contribution in [-0.4, -0.2) is 33.5 Å². The molecule has 1 amide bonds. The number of carbonyl (C=O) groups is 1. The predicted octanol–water partition coefficient (Wildman–Crippen LogP) is 2.08. The van der Waals surface area contributed by atoms with Crippen LogP contribution in [0.25, 0.3) is 0 Å². The quantitative estimate of drug-likeness (QED) is 0.812. The maximum absolute atomic E-state index is 11.8. The summed E-state index contributed by atoms with van der Waals surface area (Å²) in [5.74, 6) is 0.0732. The summed E-state index contributed by atoms with van der Waals surface area (Å²) in [5.41, 5.74) is 0. The van der Waals surface area contributed by atoms with Crippen molar-refractivity contribution in [2.45, 2.75) is 55.3 Å². The fourth-order valence-corrected chi connectivity index (χ4v) is 3.20. The molecule has 1 aromatic rings. The number of nitrogens with one attached hydrogen (secondary N) is 1. The summed E-state index contributed by atoms with van der Waals surface area (Å²) < 4.78 is 6.21. The topological polar surface area (TPSA) is 64.1 Å². The molecule has 7 heteroatoms. The van der Waals surface area contributed by atoms with Crippen molar-refractivity contribution < 1.29 is 9.53 Å². The molecule has 5 nitrogen and oxygen atoms in total. The second-order valence-corrected chi connectivity index (χ2v) is 7.07. The van der Waals surface area contributed by atoms with Crippen molar-refractivity contribution in [1.29, 1.82) is 0 Å². The van der Waals surface area contributed by atoms with E-state index in [1.807, 2.05) is 20.8 Å². The lowest BCUT2D eigenvalue weighted by molar-refractivity contribution is -0.120. The lowest BCUT2D eigenvalue weighted by Crippen LogP contribution is -2.32. The third-order valence-corrected chi connectivity index (χ3v) is 4.29. The van der Waals surface area contributed by atoms with Crippen LogP contribution in [0.5, 0.6) is 5.19 Å². The monoisotopic (exact) mass is 287 g/mol. The first-order chi connectivity index (χ1) is 8.54. The first kappa shape index (κ1) is 13.6. The highest BCUT2D eigenvalue weighted by Crippen LogP contribution is 2.31. The van der Waals surface area contributed by atoms with Crippen LogP contribution in [-0.2, 0) is 4.79 Å². The number of thioether (sulfide) groups is 1. The molecule has 0 saturated heterocycles. The van der Waals surface area contributed by atoms with Crippen LogP contribution in [0, 0.1) is 0 Å². The molecule has 0 aliphatic heterocycles. The van der Waals surface area contributed by atoms with Crippen molar-refractivity contribution in [3.63, 3.8) is 0 Å². The molecule has 1 saturated carbocycles. The smallest absolute Gasteiger partial charge is 0.295 e. The molecule has 100 valence electrons. The van der Waals surface area contributed by atoms with Crippen molar-refractivity contribution in [3.05, 3.63) is 0 Å². The summed E-state index contributed by atoms with van der Waals surface area (Å²) >= 11 is 2.80. The van der Waals surface area contributed by atoms with Crippen molar-refractivity contribution in [2.75, 3.05) is 0 Å². The van der Waals surface area contributed by atoms with Crippen LogP contribution in [0.2, 0.25) is 0 Å². The van der Waals surface area contributed by atoms with E-state index in [2.05, 4.69) is 15.5 Å². The molecule has 18 heavy (non-hydrogen) atoms. The molecule has 1 aliphatic rings. The molecular weight excluding hydrogens is 270 g/mol.